The maximum Gasteiger partial charge on any atom is 0.216 e. The first kappa shape index (κ1) is 11.9. The van der Waals surface area contributed by atoms with E-state index in [4.69, 9.17) is 4.74 Å². The van der Waals surface area contributed by atoms with Gasteiger partial charge in [-0.1, -0.05) is 19.9 Å². The van der Waals surface area contributed by atoms with Crippen molar-refractivity contribution < 1.29 is 9.13 Å². The van der Waals surface area contributed by atoms with E-state index in [1.165, 1.54) is 6.07 Å². The van der Waals surface area contributed by atoms with Crippen LogP contribution in [0.2, 0.25) is 0 Å². The van der Waals surface area contributed by atoms with Crippen molar-refractivity contribution >= 4 is 0 Å². The Balaban J connectivity index is 2.31. The molecule has 1 rings (SSSR count). The third kappa shape index (κ3) is 4.25. The number of hydrogen-bond acceptors (Lipinski definition) is 3. The Labute approximate surface area is 89.9 Å². The molecule has 0 unspecified atom stereocenters. The van der Waals surface area contributed by atoms with Crippen LogP contribution in [0.1, 0.15) is 13.8 Å². The van der Waals surface area contributed by atoms with E-state index in [0.717, 1.165) is 19.6 Å². The summed E-state index contributed by atoms with van der Waals surface area (Å²) in [5, 5.41) is 0. The van der Waals surface area contributed by atoms with E-state index >= 15 is 0 Å². The van der Waals surface area contributed by atoms with Gasteiger partial charge in [0.2, 0.25) is 11.8 Å². The number of ether oxygens (including phenoxy) is 1. The van der Waals surface area contributed by atoms with Crippen LogP contribution in [-0.4, -0.2) is 36.1 Å². The highest BCUT2D eigenvalue weighted by molar-refractivity contribution is 5.10. The number of halogens is 1. The number of nitrogens with zero attached hydrogens (tertiary/aromatic N) is 2. The van der Waals surface area contributed by atoms with E-state index in [9.17, 15) is 4.39 Å². The van der Waals surface area contributed by atoms with E-state index in [0.29, 0.717) is 12.5 Å². The molecule has 1 aromatic heterocycles. The number of hydrogen-bond donors (Lipinski definition) is 0. The molecule has 0 aromatic carbocycles. The molecule has 0 bridgehead atoms. The molecule has 0 aliphatic rings. The summed E-state index contributed by atoms with van der Waals surface area (Å²) in [5.41, 5.74) is 0. The lowest BCUT2D eigenvalue weighted by Gasteiger charge is -2.17. The quantitative estimate of drug-likeness (QED) is 0.674. The van der Waals surface area contributed by atoms with Gasteiger partial charge in [-0.15, -0.1) is 0 Å². The number of rotatable bonds is 6. The fourth-order valence-corrected chi connectivity index (χ4v) is 1.29. The molecule has 0 spiro atoms. The van der Waals surface area contributed by atoms with Gasteiger partial charge in [-0.3, -0.25) is 0 Å². The molecule has 0 amide bonds. The van der Waals surface area contributed by atoms with Gasteiger partial charge < -0.3 is 9.64 Å². The fourth-order valence-electron chi connectivity index (χ4n) is 1.29. The van der Waals surface area contributed by atoms with Gasteiger partial charge in [0.1, 0.15) is 6.61 Å². The Kier molecular flexibility index (Phi) is 5.04. The number of likely N-dealkylation sites (N-methyl/N-ethyl adjacent to an activating group) is 1. The highest BCUT2D eigenvalue weighted by Gasteiger charge is 2.00. The topological polar surface area (TPSA) is 25.4 Å². The third-order valence-corrected chi connectivity index (χ3v) is 2.24. The number of aromatic nitrogens is 1. The summed E-state index contributed by atoms with van der Waals surface area (Å²) in [5.74, 6) is -0.155. The van der Waals surface area contributed by atoms with Crippen molar-refractivity contribution in [1.29, 1.82) is 0 Å². The van der Waals surface area contributed by atoms with Gasteiger partial charge in [-0.25, -0.2) is 0 Å². The van der Waals surface area contributed by atoms with Crippen molar-refractivity contribution in [3.8, 4) is 5.88 Å². The molecule has 0 radical (unpaired) electrons. The maximum absolute atomic E-state index is 12.7. The van der Waals surface area contributed by atoms with Crippen LogP contribution >= 0.6 is 0 Å². The zero-order valence-corrected chi connectivity index (χ0v) is 9.24. The molecule has 0 fully saturated rings. The number of pyridine rings is 1. The van der Waals surface area contributed by atoms with Crippen LogP contribution in [0.5, 0.6) is 5.88 Å². The van der Waals surface area contributed by atoms with E-state index < -0.39 is 5.95 Å². The van der Waals surface area contributed by atoms with Crippen LogP contribution in [0.3, 0.4) is 0 Å². The van der Waals surface area contributed by atoms with Crippen LogP contribution in [-0.2, 0) is 0 Å². The SMILES string of the molecule is CCN(CC)CCOc1cccc(F)n1. The molecule has 0 saturated carbocycles. The van der Waals surface area contributed by atoms with E-state index in [-0.39, 0.29) is 0 Å². The van der Waals surface area contributed by atoms with Crippen molar-refractivity contribution in [3.63, 3.8) is 0 Å². The summed E-state index contributed by atoms with van der Waals surface area (Å²) < 4.78 is 18.0. The molecule has 1 heterocycles. The van der Waals surface area contributed by atoms with Crippen molar-refractivity contribution in [2.45, 2.75) is 13.8 Å². The Morgan fingerprint density at radius 3 is 2.67 bits per heavy atom. The van der Waals surface area contributed by atoms with Gasteiger partial charge >= 0.3 is 0 Å². The lowest BCUT2D eigenvalue weighted by Crippen LogP contribution is -2.28. The van der Waals surface area contributed by atoms with E-state index in [2.05, 4.69) is 23.7 Å². The van der Waals surface area contributed by atoms with E-state index in [1.54, 1.807) is 12.1 Å². The van der Waals surface area contributed by atoms with Crippen molar-refractivity contribution in [3.05, 3.63) is 24.1 Å². The molecule has 4 heteroatoms. The highest BCUT2D eigenvalue weighted by Crippen LogP contribution is 2.05. The zero-order chi connectivity index (χ0) is 11.1. The molecule has 0 saturated heterocycles. The van der Waals surface area contributed by atoms with E-state index in [1.807, 2.05) is 0 Å². The minimum Gasteiger partial charge on any atom is -0.476 e. The Bertz CT molecular complexity index is 290. The Morgan fingerprint density at radius 1 is 1.33 bits per heavy atom. The summed E-state index contributed by atoms with van der Waals surface area (Å²) in [7, 11) is 0. The summed E-state index contributed by atoms with van der Waals surface area (Å²) in [4.78, 5) is 5.85. The Morgan fingerprint density at radius 2 is 2.07 bits per heavy atom. The molecular formula is C11H17FN2O. The molecular weight excluding hydrogens is 195 g/mol. The average molecular weight is 212 g/mol. The smallest absolute Gasteiger partial charge is 0.216 e. The van der Waals surface area contributed by atoms with Gasteiger partial charge in [-0.2, -0.15) is 9.37 Å². The normalized spacial score (nSPS) is 10.7. The summed E-state index contributed by atoms with van der Waals surface area (Å²) >= 11 is 0. The maximum atomic E-state index is 12.7. The van der Waals surface area contributed by atoms with Gasteiger partial charge in [0.15, 0.2) is 0 Å². The monoisotopic (exact) mass is 212 g/mol. The zero-order valence-electron chi connectivity index (χ0n) is 9.24. The summed E-state index contributed by atoms with van der Waals surface area (Å²) in [6.45, 7) is 7.57. The lowest BCUT2D eigenvalue weighted by atomic mass is 10.4. The molecule has 0 aliphatic heterocycles. The first-order valence-corrected chi connectivity index (χ1v) is 5.24. The largest absolute Gasteiger partial charge is 0.476 e. The second kappa shape index (κ2) is 6.35. The van der Waals surface area contributed by atoms with Gasteiger partial charge in [0, 0.05) is 12.6 Å². The molecule has 15 heavy (non-hydrogen) atoms. The fraction of sp³-hybridized carbons (Fsp3) is 0.545. The van der Waals surface area contributed by atoms with Crippen molar-refractivity contribution in [2.24, 2.45) is 0 Å². The summed E-state index contributed by atoms with van der Waals surface area (Å²) in [6.07, 6.45) is 0. The van der Waals surface area contributed by atoms with Gasteiger partial charge in [0.05, 0.1) is 0 Å². The van der Waals surface area contributed by atoms with Gasteiger partial charge in [0.25, 0.3) is 0 Å². The van der Waals surface area contributed by atoms with Crippen LogP contribution in [0.4, 0.5) is 4.39 Å². The second-order valence-electron chi connectivity index (χ2n) is 3.17. The molecule has 3 nitrogen and oxygen atoms in total. The highest BCUT2D eigenvalue weighted by atomic mass is 19.1. The molecule has 0 N–H and O–H groups in total. The minimum absolute atomic E-state index is 0.349. The van der Waals surface area contributed by atoms with Crippen molar-refractivity contribution in [2.75, 3.05) is 26.2 Å². The second-order valence-corrected chi connectivity index (χ2v) is 3.17. The van der Waals surface area contributed by atoms with Crippen LogP contribution < -0.4 is 4.74 Å². The molecule has 0 aliphatic carbocycles. The predicted molar refractivity (Wildman–Crippen MR) is 57.5 cm³/mol. The van der Waals surface area contributed by atoms with Crippen LogP contribution in [0.25, 0.3) is 0 Å². The van der Waals surface area contributed by atoms with Gasteiger partial charge in [-0.05, 0) is 19.2 Å². The average Bonchev–Trinajstić information content (AvgIpc) is 2.25. The first-order chi connectivity index (χ1) is 7.26. The summed E-state index contributed by atoms with van der Waals surface area (Å²) in [6, 6.07) is 4.55. The lowest BCUT2D eigenvalue weighted by molar-refractivity contribution is 0.216. The van der Waals surface area contributed by atoms with Crippen molar-refractivity contribution in [1.82, 2.24) is 9.88 Å². The minimum atomic E-state index is -0.504. The Hall–Kier alpha value is -1.16. The predicted octanol–water partition coefficient (Wildman–Crippen LogP) is 1.94. The van der Waals surface area contributed by atoms with Crippen LogP contribution in [0, 0.1) is 5.95 Å². The molecule has 84 valence electrons. The standard InChI is InChI=1S/C11H17FN2O/c1-3-14(4-2)8-9-15-11-7-5-6-10(12)13-11/h5-7H,3-4,8-9H2,1-2H3. The van der Waals surface area contributed by atoms with Crippen LogP contribution in [0.15, 0.2) is 18.2 Å². The molecule has 0 atom stereocenters. The first-order valence-electron chi connectivity index (χ1n) is 5.24. The third-order valence-electron chi connectivity index (χ3n) is 2.24. The molecule has 1 aromatic rings.